The second-order valence-electron chi connectivity index (χ2n) is 1.68. The number of aliphatic hydroxyl groups is 2. The van der Waals surface area contributed by atoms with Crippen LogP contribution >= 0.6 is 11.8 Å². The van der Waals surface area contributed by atoms with E-state index in [-0.39, 0.29) is 13.2 Å². The number of hydrogen-bond acceptors (Lipinski definition) is 3. The lowest BCUT2D eigenvalue weighted by Crippen LogP contribution is -1.94. The van der Waals surface area contributed by atoms with E-state index in [0.717, 1.165) is 17.1 Å². The van der Waals surface area contributed by atoms with Gasteiger partial charge in [0, 0.05) is 11.5 Å². The first-order chi connectivity index (χ1) is 4.31. The van der Waals surface area contributed by atoms with Gasteiger partial charge in [-0.25, -0.2) is 0 Å². The van der Waals surface area contributed by atoms with Crippen LogP contribution in [0.15, 0.2) is 12.2 Å². The third-order valence-corrected chi connectivity index (χ3v) is 1.85. The Morgan fingerprint density at radius 3 is 2.56 bits per heavy atom. The van der Waals surface area contributed by atoms with E-state index >= 15 is 0 Å². The molecule has 0 aromatic heterocycles. The SMILES string of the molecule is C=C(CO)CSCCO. The van der Waals surface area contributed by atoms with E-state index in [9.17, 15) is 0 Å². The van der Waals surface area contributed by atoms with Crippen molar-refractivity contribution in [1.82, 2.24) is 0 Å². The molecule has 0 aliphatic rings. The van der Waals surface area contributed by atoms with E-state index in [0.29, 0.717) is 0 Å². The highest BCUT2D eigenvalue weighted by Gasteiger charge is 1.90. The van der Waals surface area contributed by atoms with Crippen molar-refractivity contribution in [3.05, 3.63) is 12.2 Å². The summed E-state index contributed by atoms with van der Waals surface area (Å²) in [5.74, 6) is 1.47. The van der Waals surface area contributed by atoms with Gasteiger partial charge in [-0.2, -0.15) is 11.8 Å². The summed E-state index contributed by atoms with van der Waals surface area (Å²) < 4.78 is 0. The lowest BCUT2D eigenvalue weighted by molar-refractivity contribution is 0.322. The average molecular weight is 148 g/mol. The first-order valence-electron chi connectivity index (χ1n) is 2.77. The minimum absolute atomic E-state index is 0.0540. The molecule has 0 bridgehead atoms. The largest absolute Gasteiger partial charge is 0.396 e. The standard InChI is InChI=1S/C6H12O2S/c1-6(4-8)5-9-3-2-7/h7-8H,1-5H2. The van der Waals surface area contributed by atoms with Crippen LogP contribution in [0.2, 0.25) is 0 Å². The highest BCUT2D eigenvalue weighted by molar-refractivity contribution is 7.99. The molecule has 0 saturated carbocycles. The van der Waals surface area contributed by atoms with Gasteiger partial charge in [-0.15, -0.1) is 0 Å². The minimum atomic E-state index is 0.0540. The van der Waals surface area contributed by atoms with E-state index < -0.39 is 0 Å². The Hall–Kier alpha value is 0.01000. The van der Waals surface area contributed by atoms with Crippen molar-refractivity contribution in [3.63, 3.8) is 0 Å². The molecule has 0 aliphatic heterocycles. The predicted octanol–water partition coefficient (Wildman–Crippen LogP) is 0.260. The van der Waals surface area contributed by atoms with Gasteiger partial charge in [0.25, 0.3) is 0 Å². The molecule has 3 heteroatoms. The van der Waals surface area contributed by atoms with Crippen molar-refractivity contribution in [1.29, 1.82) is 0 Å². The van der Waals surface area contributed by atoms with Crippen LogP contribution in [0, 0.1) is 0 Å². The molecule has 0 atom stereocenters. The van der Waals surface area contributed by atoms with Crippen LogP contribution in [-0.4, -0.2) is 34.9 Å². The lowest BCUT2D eigenvalue weighted by Gasteiger charge is -1.98. The Kier molecular flexibility index (Phi) is 6.14. The summed E-state index contributed by atoms with van der Waals surface area (Å²) in [5.41, 5.74) is 0.813. The van der Waals surface area contributed by atoms with Crippen LogP contribution in [-0.2, 0) is 0 Å². The van der Waals surface area contributed by atoms with Crippen LogP contribution in [0.3, 0.4) is 0 Å². The number of thioether (sulfide) groups is 1. The lowest BCUT2D eigenvalue weighted by atomic mass is 10.4. The first-order valence-corrected chi connectivity index (χ1v) is 3.93. The zero-order chi connectivity index (χ0) is 7.11. The van der Waals surface area contributed by atoms with Crippen molar-refractivity contribution >= 4 is 11.8 Å². The van der Waals surface area contributed by atoms with Crippen LogP contribution in [0.4, 0.5) is 0 Å². The Balaban J connectivity index is 2.97. The molecule has 2 nitrogen and oxygen atoms in total. The summed E-state index contributed by atoms with van der Waals surface area (Å²) in [4.78, 5) is 0. The topological polar surface area (TPSA) is 40.5 Å². The van der Waals surface area contributed by atoms with Gasteiger partial charge in [-0.05, 0) is 5.57 Å². The summed E-state index contributed by atoms with van der Waals surface area (Å²) in [6.45, 7) is 3.84. The maximum atomic E-state index is 8.46. The fourth-order valence-electron chi connectivity index (χ4n) is 0.327. The van der Waals surface area contributed by atoms with Crippen molar-refractivity contribution in [2.24, 2.45) is 0 Å². The zero-order valence-electron chi connectivity index (χ0n) is 5.34. The molecule has 0 amide bonds. The molecule has 0 unspecified atom stereocenters. The molecule has 0 aromatic rings. The highest BCUT2D eigenvalue weighted by Crippen LogP contribution is 2.03. The Morgan fingerprint density at radius 1 is 1.44 bits per heavy atom. The monoisotopic (exact) mass is 148 g/mol. The third kappa shape index (κ3) is 5.89. The van der Waals surface area contributed by atoms with E-state index in [2.05, 4.69) is 6.58 Å². The fourth-order valence-corrected chi connectivity index (χ4v) is 0.980. The summed E-state index contributed by atoms with van der Waals surface area (Å²) in [6, 6.07) is 0. The van der Waals surface area contributed by atoms with Crippen molar-refractivity contribution < 1.29 is 10.2 Å². The van der Waals surface area contributed by atoms with Gasteiger partial charge in [0.15, 0.2) is 0 Å². The normalized spacial score (nSPS) is 9.56. The summed E-state index contributed by atoms with van der Waals surface area (Å²) in [7, 11) is 0. The van der Waals surface area contributed by atoms with E-state index in [1.165, 1.54) is 0 Å². The second kappa shape index (κ2) is 6.13. The quantitative estimate of drug-likeness (QED) is 0.434. The number of hydrogen-bond donors (Lipinski definition) is 2. The van der Waals surface area contributed by atoms with Crippen LogP contribution in [0.5, 0.6) is 0 Å². The van der Waals surface area contributed by atoms with Gasteiger partial charge in [0.1, 0.15) is 0 Å². The number of aliphatic hydroxyl groups excluding tert-OH is 2. The van der Waals surface area contributed by atoms with Gasteiger partial charge in [0.05, 0.1) is 13.2 Å². The maximum Gasteiger partial charge on any atom is 0.0647 e. The molecule has 0 rings (SSSR count). The Morgan fingerprint density at radius 2 is 2.11 bits per heavy atom. The first kappa shape index (κ1) is 9.01. The fraction of sp³-hybridized carbons (Fsp3) is 0.667. The Labute approximate surface area is 59.6 Å². The van der Waals surface area contributed by atoms with Crippen LogP contribution in [0.25, 0.3) is 0 Å². The summed E-state index contributed by atoms with van der Waals surface area (Å²) in [6.07, 6.45) is 0. The van der Waals surface area contributed by atoms with Crippen molar-refractivity contribution in [2.75, 3.05) is 24.7 Å². The molecule has 9 heavy (non-hydrogen) atoms. The molecule has 2 N–H and O–H groups in total. The van der Waals surface area contributed by atoms with E-state index in [4.69, 9.17) is 10.2 Å². The summed E-state index contributed by atoms with van der Waals surface area (Å²) in [5, 5.41) is 16.8. The molecule has 0 aliphatic carbocycles. The van der Waals surface area contributed by atoms with Gasteiger partial charge >= 0.3 is 0 Å². The third-order valence-electron chi connectivity index (χ3n) is 0.765. The summed E-state index contributed by atoms with van der Waals surface area (Å²) >= 11 is 1.58. The molecule has 0 aromatic carbocycles. The zero-order valence-corrected chi connectivity index (χ0v) is 6.15. The van der Waals surface area contributed by atoms with Gasteiger partial charge in [-0.3, -0.25) is 0 Å². The van der Waals surface area contributed by atoms with Gasteiger partial charge < -0.3 is 10.2 Å². The van der Waals surface area contributed by atoms with Crippen LogP contribution < -0.4 is 0 Å². The van der Waals surface area contributed by atoms with Gasteiger partial charge in [0.2, 0.25) is 0 Å². The average Bonchev–Trinajstić information content (AvgIpc) is 1.89. The molecule has 0 radical (unpaired) electrons. The maximum absolute atomic E-state index is 8.46. The molecule has 0 heterocycles. The molecular weight excluding hydrogens is 136 g/mol. The van der Waals surface area contributed by atoms with Crippen molar-refractivity contribution in [3.8, 4) is 0 Å². The Bertz CT molecular complexity index is 83.1. The predicted molar refractivity (Wildman–Crippen MR) is 40.6 cm³/mol. The minimum Gasteiger partial charge on any atom is -0.396 e. The second-order valence-corrected chi connectivity index (χ2v) is 2.79. The van der Waals surface area contributed by atoms with Crippen LogP contribution in [0.1, 0.15) is 0 Å². The smallest absolute Gasteiger partial charge is 0.0647 e. The molecule has 0 fully saturated rings. The van der Waals surface area contributed by atoms with E-state index in [1.54, 1.807) is 11.8 Å². The molecular formula is C6H12O2S. The highest BCUT2D eigenvalue weighted by atomic mass is 32.2. The van der Waals surface area contributed by atoms with Crippen molar-refractivity contribution in [2.45, 2.75) is 0 Å². The number of rotatable bonds is 5. The molecule has 0 saturated heterocycles. The van der Waals surface area contributed by atoms with Gasteiger partial charge in [-0.1, -0.05) is 6.58 Å². The van der Waals surface area contributed by atoms with E-state index in [1.807, 2.05) is 0 Å². The molecule has 0 spiro atoms. The molecule has 54 valence electrons.